The largest absolute Gasteiger partial charge is 0.393 e. The van der Waals surface area contributed by atoms with Gasteiger partial charge < -0.3 is 10.0 Å². The Hall–Kier alpha value is -1.42. The first-order valence-corrected chi connectivity index (χ1v) is 6.38. The predicted molar refractivity (Wildman–Crippen MR) is 64.5 cm³/mol. The van der Waals surface area contributed by atoms with Gasteiger partial charge in [-0.1, -0.05) is 12.1 Å². The number of piperidine rings is 1. The van der Waals surface area contributed by atoms with Crippen molar-refractivity contribution in [1.29, 1.82) is 0 Å². The minimum Gasteiger partial charge on any atom is -0.393 e. The lowest BCUT2D eigenvalue weighted by Crippen LogP contribution is -2.45. The van der Waals surface area contributed by atoms with E-state index in [-0.39, 0.29) is 30.1 Å². The molecule has 18 heavy (non-hydrogen) atoms. The molecule has 2 saturated heterocycles. The number of benzene rings is 1. The normalized spacial score (nSPS) is 31.6. The van der Waals surface area contributed by atoms with Gasteiger partial charge >= 0.3 is 0 Å². The molecule has 2 fully saturated rings. The van der Waals surface area contributed by atoms with Crippen molar-refractivity contribution in [1.82, 2.24) is 4.90 Å². The second kappa shape index (κ2) is 4.35. The molecule has 3 nitrogen and oxygen atoms in total. The van der Waals surface area contributed by atoms with E-state index in [0.29, 0.717) is 6.42 Å². The van der Waals surface area contributed by atoms with Gasteiger partial charge in [0.15, 0.2) is 0 Å². The molecule has 0 radical (unpaired) electrons. The number of fused-ring (bicyclic) bond motifs is 1. The second-order valence-electron chi connectivity index (χ2n) is 5.19. The summed E-state index contributed by atoms with van der Waals surface area (Å²) in [5, 5.41) is 9.73. The molecule has 1 N–H and O–H groups in total. The Morgan fingerprint density at radius 3 is 2.72 bits per heavy atom. The fourth-order valence-electron chi connectivity index (χ4n) is 3.23. The summed E-state index contributed by atoms with van der Waals surface area (Å²) in [6.45, 7) is 0.748. The van der Waals surface area contributed by atoms with Crippen LogP contribution >= 0.6 is 0 Å². The number of nitrogens with zero attached hydrogens (tertiary/aromatic N) is 1. The number of aliphatic hydroxyl groups is 1. The Morgan fingerprint density at radius 2 is 2.00 bits per heavy atom. The Morgan fingerprint density at radius 1 is 1.28 bits per heavy atom. The molecule has 0 aliphatic carbocycles. The van der Waals surface area contributed by atoms with Crippen LogP contribution in [0.1, 0.15) is 30.7 Å². The van der Waals surface area contributed by atoms with E-state index >= 15 is 0 Å². The van der Waals surface area contributed by atoms with Crippen molar-refractivity contribution in [2.45, 2.75) is 37.3 Å². The summed E-state index contributed by atoms with van der Waals surface area (Å²) in [5.74, 6) is 0.0289. The lowest BCUT2D eigenvalue weighted by atomic mass is 9.86. The first-order chi connectivity index (χ1) is 8.65. The summed E-state index contributed by atoms with van der Waals surface area (Å²) < 4.78 is 12.9. The van der Waals surface area contributed by atoms with Gasteiger partial charge in [0.1, 0.15) is 5.82 Å². The fourth-order valence-corrected chi connectivity index (χ4v) is 3.23. The maximum Gasteiger partial charge on any atom is 0.225 e. The van der Waals surface area contributed by atoms with Crippen molar-refractivity contribution in [3.8, 4) is 0 Å². The van der Waals surface area contributed by atoms with Crippen molar-refractivity contribution >= 4 is 5.91 Å². The molecule has 1 amide bonds. The lowest BCUT2D eigenvalue weighted by molar-refractivity contribution is -0.138. The number of rotatable bonds is 1. The lowest BCUT2D eigenvalue weighted by Gasteiger charge is -2.35. The first kappa shape index (κ1) is 11.7. The monoisotopic (exact) mass is 249 g/mol. The highest BCUT2D eigenvalue weighted by Gasteiger charge is 2.42. The van der Waals surface area contributed by atoms with Gasteiger partial charge in [0, 0.05) is 18.5 Å². The molecule has 0 aromatic heterocycles. The van der Waals surface area contributed by atoms with E-state index in [2.05, 4.69) is 0 Å². The minimum atomic E-state index is -0.528. The van der Waals surface area contributed by atoms with Crippen LogP contribution in [0, 0.1) is 5.82 Å². The van der Waals surface area contributed by atoms with Crippen molar-refractivity contribution in [3.63, 3.8) is 0 Å². The van der Waals surface area contributed by atoms with E-state index in [1.807, 2.05) is 4.90 Å². The van der Waals surface area contributed by atoms with Crippen LogP contribution in [0.2, 0.25) is 0 Å². The predicted octanol–water partition coefficient (Wildman–Crippen LogP) is 1.66. The molecule has 3 atom stereocenters. The van der Waals surface area contributed by atoms with Gasteiger partial charge in [0.25, 0.3) is 0 Å². The third-order valence-electron chi connectivity index (χ3n) is 4.09. The van der Waals surface area contributed by atoms with Crippen molar-refractivity contribution in [3.05, 3.63) is 35.6 Å². The summed E-state index contributed by atoms with van der Waals surface area (Å²) >= 11 is 0. The maximum atomic E-state index is 12.9. The molecule has 3 unspecified atom stereocenters. The molecule has 0 spiro atoms. The summed E-state index contributed by atoms with van der Waals surface area (Å²) in [6, 6.07) is 6.56. The average molecular weight is 249 g/mol. The smallest absolute Gasteiger partial charge is 0.225 e. The van der Waals surface area contributed by atoms with Gasteiger partial charge in [0.2, 0.25) is 5.91 Å². The van der Waals surface area contributed by atoms with E-state index in [1.54, 1.807) is 12.1 Å². The van der Waals surface area contributed by atoms with E-state index in [0.717, 1.165) is 18.5 Å². The zero-order chi connectivity index (χ0) is 12.7. The van der Waals surface area contributed by atoms with Crippen molar-refractivity contribution in [2.24, 2.45) is 0 Å². The van der Waals surface area contributed by atoms with E-state index in [4.69, 9.17) is 0 Å². The third kappa shape index (κ3) is 1.90. The number of carbonyl (C=O) groups excluding carboxylic acids is 1. The summed E-state index contributed by atoms with van der Waals surface area (Å²) in [7, 11) is 0. The first-order valence-electron chi connectivity index (χ1n) is 6.38. The average Bonchev–Trinajstić information content (AvgIpc) is 2.74. The van der Waals surface area contributed by atoms with Crippen LogP contribution in [0.15, 0.2) is 24.3 Å². The maximum absolute atomic E-state index is 12.9. The van der Waals surface area contributed by atoms with E-state index in [9.17, 15) is 14.3 Å². The Bertz CT molecular complexity index is 459. The second-order valence-corrected chi connectivity index (χ2v) is 5.19. The molecule has 2 aliphatic rings. The van der Waals surface area contributed by atoms with Gasteiger partial charge in [-0.25, -0.2) is 4.39 Å². The Kier molecular flexibility index (Phi) is 2.82. The van der Waals surface area contributed by atoms with Crippen LogP contribution in [-0.2, 0) is 4.79 Å². The van der Waals surface area contributed by atoms with E-state index < -0.39 is 6.10 Å². The van der Waals surface area contributed by atoms with E-state index in [1.165, 1.54) is 12.1 Å². The van der Waals surface area contributed by atoms with Crippen LogP contribution in [0.3, 0.4) is 0 Å². The molecule has 2 aliphatic heterocycles. The molecule has 1 aromatic carbocycles. The third-order valence-corrected chi connectivity index (χ3v) is 4.09. The minimum absolute atomic E-state index is 0.0448. The molecule has 2 heterocycles. The summed E-state index contributed by atoms with van der Waals surface area (Å²) in [6.07, 6.45) is 1.25. The van der Waals surface area contributed by atoms with Gasteiger partial charge in [-0.3, -0.25) is 4.79 Å². The molecular weight excluding hydrogens is 233 g/mol. The quantitative estimate of drug-likeness (QED) is 0.822. The molecular formula is C14H16FNO2. The van der Waals surface area contributed by atoms with Crippen LogP contribution in [0.5, 0.6) is 0 Å². The summed E-state index contributed by atoms with van der Waals surface area (Å²) in [4.78, 5) is 13.7. The summed E-state index contributed by atoms with van der Waals surface area (Å²) in [5.41, 5.74) is 1.06. The molecule has 4 heteroatoms. The molecule has 0 bridgehead atoms. The fraction of sp³-hybridized carbons (Fsp3) is 0.500. The number of carbonyl (C=O) groups is 1. The number of amides is 1. The van der Waals surface area contributed by atoms with Crippen LogP contribution in [0.4, 0.5) is 4.39 Å². The number of aliphatic hydroxyl groups excluding tert-OH is 1. The molecule has 3 rings (SSSR count). The van der Waals surface area contributed by atoms with Gasteiger partial charge in [-0.2, -0.15) is 0 Å². The highest BCUT2D eigenvalue weighted by Crippen LogP contribution is 2.38. The van der Waals surface area contributed by atoms with Gasteiger partial charge in [-0.15, -0.1) is 0 Å². The topological polar surface area (TPSA) is 40.5 Å². The standard InChI is InChI=1S/C14H16FNO2/c15-10-3-1-9(2-4-10)12-5-6-16-13(12)7-11(17)8-14(16)18/h1-4,11-13,17H,5-8H2. The van der Waals surface area contributed by atoms with Crippen LogP contribution in [-0.4, -0.2) is 34.6 Å². The highest BCUT2D eigenvalue weighted by molar-refractivity contribution is 5.78. The van der Waals surface area contributed by atoms with Gasteiger partial charge in [0.05, 0.1) is 12.5 Å². The zero-order valence-corrected chi connectivity index (χ0v) is 10.1. The van der Waals surface area contributed by atoms with Crippen molar-refractivity contribution in [2.75, 3.05) is 6.54 Å². The van der Waals surface area contributed by atoms with Crippen LogP contribution < -0.4 is 0 Å². The highest BCUT2D eigenvalue weighted by atomic mass is 19.1. The Labute approximate surface area is 105 Å². The number of hydrogen-bond donors (Lipinski definition) is 1. The molecule has 96 valence electrons. The molecule has 0 saturated carbocycles. The Balaban J connectivity index is 1.86. The van der Waals surface area contributed by atoms with Gasteiger partial charge in [-0.05, 0) is 30.5 Å². The van der Waals surface area contributed by atoms with Crippen molar-refractivity contribution < 1.29 is 14.3 Å². The number of hydrogen-bond acceptors (Lipinski definition) is 2. The SMILES string of the molecule is O=C1CC(O)CC2C(c3ccc(F)cc3)CCN12. The zero-order valence-electron chi connectivity index (χ0n) is 10.1. The number of halogens is 1. The van der Waals surface area contributed by atoms with Crippen LogP contribution in [0.25, 0.3) is 0 Å². The molecule has 1 aromatic rings.